The second kappa shape index (κ2) is 7.54. The molecule has 28 heavy (non-hydrogen) atoms. The van der Waals surface area contributed by atoms with E-state index in [4.69, 9.17) is 4.74 Å². The molecule has 0 saturated heterocycles. The SMILES string of the molecule is Cc1cc(C(=O)OCCN2C(=O)C(C)(C)Nc3ccccc32)ccc1N(C)C. The Bertz CT molecular complexity index is 906. The van der Waals surface area contributed by atoms with Crippen molar-refractivity contribution in [3.63, 3.8) is 0 Å². The van der Waals surface area contributed by atoms with Crippen molar-refractivity contribution in [3.05, 3.63) is 53.6 Å². The van der Waals surface area contributed by atoms with E-state index >= 15 is 0 Å². The molecule has 6 nitrogen and oxygen atoms in total. The number of nitrogens with zero attached hydrogens (tertiary/aromatic N) is 2. The molecular formula is C22H27N3O3. The molecule has 148 valence electrons. The Balaban J connectivity index is 1.68. The molecule has 1 aliphatic rings. The number of amides is 1. The van der Waals surface area contributed by atoms with E-state index in [-0.39, 0.29) is 18.5 Å². The minimum Gasteiger partial charge on any atom is -0.460 e. The number of esters is 1. The van der Waals surface area contributed by atoms with Gasteiger partial charge in [0.1, 0.15) is 12.1 Å². The molecule has 0 spiro atoms. The van der Waals surface area contributed by atoms with Crippen LogP contribution in [0.15, 0.2) is 42.5 Å². The van der Waals surface area contributed by atoms with E-state index in [1.54, 1.807) is 11.0 Å². The predicted octanol–water partition coefficient (Wildman–Crippen LogP) is 3.46. The van der Waals surface area contributed by atoms with Gasteiger partial charge in [0.05, 0.1) is 23.5 Å². The molecule has 2 aromatic rings. The third-order valence-corrected chi connectivity index (χ3v) is 4.88. The van der Waals surface area contributed by atoms with Crippen molar-refractivity contribution in [3.8, 4) is 0 Å². The highest BCUT2D eigenvalue weighted by atomic mass is 16.5. The van der Waals surface area contributed by atoms with Crippen molar-refractivity contribution < 1.29 is 14.3 Å². The fraction of sp³-hybridized carbons (Fsp3) is 0.364. The number of anilines is 3. The number of rotatable bonds is 5. The third kappa shape index (κ3) is 3.81. The van der Waals surface area contributed by atoms with Crippen LogP contribution in [0, 0.1) is 6.92 Å². The second-order valence-corrected chi connectivity index (χ2v) is 7.76. The van der Waals surface area contributed by atoms with E-state index in [1.807, 2.05) is 76.2 Å². The van der Waals surface area contributed by atoms with Crippen LogP contribution in [0.5, 0.6) is 0 Å². The van der Waals surface area contributed by atoms with E-state index < -0.39 is 5.54 Å². The Labute approximate surface area is 166 Å². The lowest BCUT2D eigenvalue weighted by atomic mass is 9.98. The van der Waals surface area contributed by atoms with Gasteiger partial charge in [-0.2, -0.15) is 0 Å². The summed E-state index contributed by atoms with van der Waals surface area (Å²) < 4.78 is 5.45. The van der Waals surface area contributed by atoms with Gasteiger partial charge in [-0.15, -0.1) is 0 Å². The van der Waals surface area contributed by atoms with Gasteiger partial charge in [-0.1, -0.05) is 12.1 Å². The summed E-state index contributed by atoms with van der Waals surface area (Å²) in [5.74, 6) is -0.433. The van der Waals surface area contributed by atoms with Crippen molar-refractivity contribution in [2.24, 2.45) is 0 Å². The molecule has 1 heterocycles. The highest BCUT2D eigenvalue weighted by Gasteiger charge is 2.38. The molecule has 2 aromatic carbocycles. The lowest BCUT2D eigenvalue weighted by Crippen LogP contribution is -2.54. The van der Waals surface area contributed by atoms with Crippen LogP contribution in [0.3, 0.4) is 0 Å². The van der Waals surface area contributed by atoms with Gasteiger partial charge in [0.15, 0.2) is 0 Å². The first-order valence-electron chi connectivity index (χ1n) is 9.35. The highest BCUT2D eigenvalue weighted by molar-refractivity contribution is 6.07. The van der Waals surface area contributed by atoms with E-state index in [0.717, 1.165) is 22.6 Å². The minimum atomic E-state index is -0.711. The Morgan fingerprint density at radius 1 is 1.18 bits per heavy atom. The molecule has 0 aromatic heterocycles. The van der Waals surface area contributed by atoms with Crippen LogP contribution in [0.1, 0.15) is 29.8 Å². The largest absolute Gasteiger partial charge is 0.460 e. The van der Waals surface area contributed by atoms with Gasteiger partial charge in [0.25, 0.3) is 5.91 Å². The molecule has 0 aliphatic carbocycles. The Kier molecular flexibility index (Phi) is 5.31. The normalized spacial score (nSPS) is 14.9. The first kappa shape index (κ1) is 19.7. The van der Waals surface area contributed by atoms with E-state index in [1.165, 1.54) is 0 Å². The summed E-state index contributed by atoms with van der Waals surface area (Å²) in [7, 11) is 3.92. The van der Waals surface area contributed by atoms with Gasteiger partial charge in [-0.05, 0) is 56.7 Å². The van der Waals surface area contributed by atoms with Gasteiger partial charge in [-0.25, -0.2) is 4.79 Å². The summed E-state index contributed by atoms with van der Waals surface area (Å²) >= 11 is 0. The number of benzene rings is 2. The van der Waals surface area contributed by atoms with Crippen LogP contribution in [0.2, 0.25) is 0 Å². The number of carbonyl (C=O) groups is 2. The molecule has 0 unspecified atom stereocenters. The number of para-hydroxylation sites is 2. The van der Waals surface area contributed by atoms with Crippen molar-refractivity contribution in [2.45, 2.75) is 26.3 Å². The molecule has 0 radical (unpaired) electrons. The smallest absolute Gasteiger partial charge is 0.338 e. The molecule has 0 saturated carbocycles. The molecule has 0 bridgehead atoms. The zero-order valence-electron chi connectivity index (χ0n) is 17.1. The first-order chi connectivity index (χ1) is 13.2. The van der Waals surface area contributed by atoms with Crippen LogP contribution >= 0.6 is 0 Å². The van der Waals surface area contributed by atoms with Crippen molar-refractivity contribution >= 4 is 28.9 Å². The summed E-state index contributed by atoms with van der Waals surface area (Å²) in [6, 6.07) is 13.1. The fourth-order valence-corrected chi connectivity index (χ4v) is 3.47. The van der Waals surface area contributed by atoms with Gasteiger partial charge in [0.2, 0.25) is 0 Å². The highest BCUT2D eigenvalue weighted by Crippen LogP contribution is 2.34. The summed E-state index contributed by atoms with van der Waals surface area (Å²) in [6.45, 7) is 6.09. The lowest BCUT2D eigenvalue weighted by Gasteiger charge is -2.39. The van der Waals surface area contributed by atoms with Gasteiger partial charge < -0.3 is 19.9 Å². The predicted molar refractivity (Wildman–Crippen MR) is 112 cm³/mol. The van der Waals surface area contributed by atoms with E-state index in [2.05, 4.69) is 5.32 Å². The maximum Gasteiger partial charge on any atom is 0.338 e. The zero-order chi connectivity index (χ0) is 20.5. The van der Waals surface area contributed by atoms with Crippen LogP contribution in [0.25, 0.3) is 0 Å². The minimum absolute atomic E-state index is 0.0478. The summed E-state index contributed by atoms with van der Waals surface area (Å²) in [6.07, 6.45) is 0. The molecular weight excluding hydrogens is 354 g/mol. The molecule has 1 N–H and O–H groups in total. The van der Waals surface area contributed by atoms with E-state index in [0.29, 0.717) is 12.1 Å². The summed E-state index contributed by atoms with van der Waals surface area (Å²) in [4.78, 5) is 28.9. The maximum atomic E-state index is 12.8. The topological polar surface area (TPSA) is 61.9 Å². The number of nitrogens with one attached hydrogen (secondary N) is 1. The van der Waals surface area contributed by atoms with Crippen LogP contribution in [-0.4, -0.2) is 44.7 Å². The number of hydrogen-bond donors (Lipinski definition) is 1. The number of fused-ring (bicyclic) bond motifs is 1. The van der Waals surface area contributed by atoms with Gasteiger partial charge in [-0.3, -0.25) is 4.79 Å². The first-order valence-corrected chi connectivity index (χ1v) is 9.35. The van der Waals surface area contributed by atoms with Gasteiger partial charge >= 0.3 is 5.97 Å². The zero-order valence-corrected chi connectivity index (χ0v) is 17.1. The quantitative estimate of drug-likeness (QED) is 0.804. The lowest BCUT2D eigenvalue weighted by molar-refractivity contribution is -0.122. The maximum absolute atomic E-state index is 12.8. The fourth-order valence-electron chi connectivity index (χ4n) is 3.47. The van der Waals surface area contributed by atoms with E-state index in [9.17, 15) is 9.59 Å². The number of ether oxygens (including phenoxy) is 1. The Morgan fingerprint density at radius 3 is 2.57 bits per heavy atom. The van der Waals surface area contributed by atoms with Crippen LogP contribution in [-0.2, 0) is 9.53 Å². The average Bonchev–Trinajstić information content (AvgIpc) is 2.64. The van der Waals surface area contributed by atoms with Crippen molar-refractivity contribution in [1.29, 1.82) is 0 Å². The molecule has 1 amide bonds. The second-order valence-electron chi connectivity index (χ2n) is 7.76. The number of hydrogen-bond acceptors (Lipinski definition) is 5. The summed E-state index contributed by atoms with van der Waals surface area (Å²) in [5.41, 5.74) is 3.56. The van der Waals surface area contributed by atoms with Crippen LogP contribution < -0.4 is 15.1 Å². The number of aryl methyl sites for hydroxylation is 1. The number of carbonyl (C=O) groups excluding carboxylic acids is 2. The van der Waals surface area contributed by atoms with Crippen molar-refractivity contribution in [2.75, 3.05) is 42.4 Å². The third-order valence-electron chi connectivity index (χ3n) is 4.88. The standard InChI is InChI=1S/C22H27N3O3/c1-15-14-16(10-11-18(15)24(4)5)20(26)28-13-12-25-19-9-7-6-8-17(19)23-22(2,3)21(25)27/h6-11,14,23H,12-13H2,1-5H3. The van der Waals surface area contributed by atoms with Crippen molar-refractivity contribution in [1.82, 2.24) is 0 Å². The van der Waals surface area contributed by atoms with Crippen LogP contribution in [0.4, 0.5) is 17.1 Å². The Morgan fingerprint density at radius 2 is 1.89 bits per heavy atom. The molecule has 0 atom stereocenters. The Hall–Kier alpha value is -3.02. The van der Waals surface area contributed by atoms with Gasteiger partial charge in [0, 0.05) is 19.8 Å². The molecule has 0 fully saturated rings. The summed E-state index contributed by atoms with van der Waals surface area (Å²) in [5, 5.41) is 3.26. The monoisotopic (exact) mass is 381 g/mol. The molecule has 6 heteroatoms. The molecule has 1 aliphatic heterocycles. The average molecular weight is 381 g/mol. The molecule has 3 rings (SSSR count).